The van der Waals surface area contributed by atoms with Crippen LogP contribution in [0, 0.1) is 12.8 Å². The van der Waals surface area contributed by atoms with Crippen LogP contribution in [0.4, 0.5) is 0 Å². The van der Waals surface area contributed by atoms with Crippen LogP contribution < -0.4 is 0 Å². The highest BCUT2D eigenvalue weighted by Crippen LogP contribution is 2.32. The largest absolute Gasteiger partial charge is 0.243 e. The predicted molar refractivity (Wildman–Crippen MR) is 104 cm³/mol. The Balaban J connectivity index is 2.28. The van der Waals surface area contributed by atoms with Crippen molar-refractivity contribution < 1.29 is 8.42 Å². The second-order valence-corrected chi connectivity index (χ2v) is 14.2. The Morgan fingerprint density at radius 1 is 1.12 bits per heavy atom. The number of sulfonamides is 1. The highest BCUT2D eigenvalue weighted by atomic mass is 32.2. The van der Waals surface area contributed by atoms with Crippen LogP contribution in [0.25, 0.3) is 0 Å². The van der Waals surface area contributed by atoms with Gasteiger partial charge in [0.15, 0.2) is 0 Å². The molecule has 0 saturated carbocycles. The third-order valence-corrected chi connectivity index (χ3v) is 12.8. The maximum absolute atomic E-state index is 12.9. The van der Waals surface area contributed by atoms with E-state index in [9.17, 15) is 8.42 Å². The molecule has 1 unspecified atom stereocenters. The van der Waals surface area contributed by atoms with Crippen molar-refractivity contribution in [3.05, 3.63) is 41.1 Å². The summed E-state index contributed by atoms with van der Waals surface area (Å²) in [5.74, 6) is 0.321. The molecule has 3 nitrogen and oxygen atoms in total. The first kappa shape index (κ1) is 19.4. The molecule has 0 aromatic heterocycles. The summed E-state index contributed by atoms with van der Waals surface area (Å²) in [5, 5.41) is 0. The molecule has 0 bridgehead atoms. The van der Waals surface area contributed by atoms with E-state index in [-0.39, 0.29) is 0 Å². The van der Waals surface area contributed by atoms with Crippen molar-refractivity contribution in [2.75, 3.05) is 13.1 Å². The van der Waals surface area contributed by atoms with Gasteiger partial charge < -0.3 is 0 Å². The van der Waals surface area contributed by atoms with Gasteiger partial charge in [-0.05, 0) is 25.0 Å². The lowest BCUT2D eigenvalue weighted by molar-refractivity contribution is 0.464. The maximum Gasteiger partial charge on any atom is 0.243 e. The molecule has 0 radical (unpaired) electrons. The van der Waals surface area contributed by atoms with Gasteiger partial charge in [-0.15, -0.1) is 0 Å². The lowest BCUT2D eigenvalue weighted by atomic mass is 10.1. The van der Waals surface area contributed by atoms with Crippen molar-refractivity contribution in [1.29, 1.82) is 0 Å². The Labute approximate surface area is 148 Å². The number of aryl methyl sites for hydroxylation is 1. The lowest BCUT2D eigenvalue weighted by Crippen LogP contribution is -2.30. The lowest BCUT2D eigenvalue weighted by Gasteiger charge is -2.25. The minimum atomic E-state index is -3.39. The Hall–Kier alpha value is -0.913. The van der Waals surface area contributed by atoms with Gasteiger partial charge in [0.2, 0.25) is 10.0 Å². The SMILES string of the molecule is CC[Si](/C=C1/CN(S(=O)(=O)c2ccc(C)cc2)CC1C)(CC)CC. The maximum atomic E-state index is 12.9. The molecule has 0 aliphatic carbocycles. The van der Waals surface area contributed by atoms with Crippen molar-refractivity contribution in [1.82, 2.24) is 4.31 Å². The smallest absolute Gasteiger partial charge is 0.207 e. The molecule has 134 valence electrons. The van der Waals surface area contributed by atoms with Crippen molar-refractivity contribution in [3.63, 3.8) is 0 Å². The summed E-state index contributed by atoms with van der Waals surface area (Å²) >= 11 is 0. The third kappa shape index (κ3) is 3.84. The highest BCUT2D eigenvalue weighted by molar-refractivity contribution is 7.89. The number of rotatable bonds is 6. The van der Waals surface area contributed by atoms with E-state index in [4.69, 9.17) is 0 Å². The Morgan fingerprint density at radius 2 is 1.67 bits per heavy atom. The molecule has 24 heavy (non-hydrogen) atoms. The normalized spacial score (nSPS) is 21.5. The summed E-state index contributed by atoms with van der Waals surface area (Å²) in [6, 6.07) is 10.9. The van der Waals surface area contributed by atoms with Gasteiger partial charge in [-0.3, -0.25) is 0 Å². The summed E-state index contributed by atoms with van der Waals surface area (Å²) in [6.45, 7) is 12.2. The van der Waals surface area contributed by atoms with Crippen LogP contribution in [0.3, 0.4) is 0 Å². The number of hydrogen-bond acceptors (Lipinski definition) is 2. The fourth-order valence-corrected chi connectivity index (χ4v) is 8.32. The zero-order valence-corrected chi connectivity index (χ0v) is 17.5. The average Bonchev–Trinajstić information content (AvgIpc) is 2.94. The summed E-state index contributed by atoms with van der Waals surface area (Å²) in [6.07, 6.45) is 0. The highest BCUT2D eigenvalue weighted by Gasteiger charge is 2.35. The van der Waals surface area contributed by atoms with Crippen LogP contribution in [-0.2, 0) is 10.0 Å². The number of benzene rings is 1. The second kappa shape index (κ2) is 7.54. The molecule has 1 heterocycles. The van der Waals surface area contributed by atoms with Crippen LogP contribution in [0.5, 0.6) is 0 Å². The molecule has 1 aromatic rings. The summed E-state index contributed by atoms with van der Waals surface area (Å²) < 4.78 is 27.5. The molecule has 0 N–H and O–H groups in total. The van der Waals surface area contributed by atoms with E-state index in [1.807, 2.05) is 19.1 Å². The van der Waals surface area contributed by atoms with Crippen LogP contribution >= 0.6 is 0 Å². The summed E-state index contributed by atoms with van der Waals surface area (Å²) in [4.78, 5) is 0.409. The Morgan fingerprint density at radius 3 is 2.17 bits per heavy atom. The molecule has 1 aromatic carbocycles. The Bertz CT molecular complexity index is 682. The third-order valence-electron chi connectivity index (χ3n) is 5.73. The first-order chi connectivity index (χ1) is 11.3. The van der Waals surface area contributed by atoms with E-state index < -0.39 is 18.1 Å². The fraction of sp³-hybridized carbons (Fsp3) is 0.579. The van der Waals surface area contributed by atoms with E-state index in [2.05, 4.69) is 33.4 Å². The topological polar surface area (TPSA) is 37.4 Å². The zero-order valence-electron chi connectivity index (χ0n) is 15.7. The van der Waals surface area contributed by atoms with Gasteiger partial charge in [0.05, 0.1) is 13.0 Å². The number of nitrogens with zero attached hydrogens (tertiary/aromatic N) is 1. The standard InChI is InChI=1S/C19H31NO2SSi/c1-6-24(7-2,8-3)15-18-14-20(13-17(18)5)23(21,22)19-11-9-16(4)10-12-19/h9-12,15,17H,6-8,13-14H2,1-5H3/b18-15-. The van der Waals surface area contributed by atoms with E-state index in [1.54, 1.807) is 16.4 Å². The minimum absolute atomic E-state index is 0.321. The van der Waals surface area contributed by atoms with E-state index in [0.29, 0.717) is 23.9 Å². The van der Waals surface area contributed by atoms with E-state index >= 15 is 0 Å². The first-order valence-electron chi connectivity index (χ1n) is 9.06. The van der Waals surface area contributed by atoms with Crippen LogP contribution in [0.2, 0.25) is 18.1 Å². The summed E-state index contributed by atoms with van der Waals surface area (Å²) in [7, 11) is -4.77. The van der Waals surface area contributed by atoms with Gasteiger partial charge in [0.1, 0.15) is 0 Å². The van der Waals surface area contributed by atoms with Gasteiger partial charge in [0.25, 0.3) is 0 Å². The molecule has 1 aliphatic rings. The molecule has 5 heteroatoms. The molecular weight excluding hydrogens is 334 g/mol. The monoisotopic (exact) mass is 365 g/mol. The second-order valence-electron chi connectivity index (χ2n) is 7.15. The molecule has 2 rings (SSSR count). The first-order valence-corrected chi connectivity index (χ1v) is 13.2. The number of hydrogen-bond donors (Lipinski definition) is 0. The molecular formula is C19H31NO2SSi. The van der Waals surface area contributed by atoms with E-state index in [0.717, 1.165) is 5.56 Å². The molecule has 1 atom stereocenters. The van der Waals surface area contributed by atoms with Crippen molar-refractivity contribution >= 4 is 18.1 Å². The molecule has 0 amide bonds. The van der Waals surface area contributed by atoms with Gasteiger partial charge >= 0.3 is 0 Å². The van der Waals surface area contributed by atoms with Gasteiger partial charge in [-0.2, -0.15) is 4.31 Å². The van der Waals surface area contributed by atoms with Crippen LogP contribution in [0.1, 0.15) is 33.3 Å². The van der Waals surface area contributed by atoms with Crippen LogP contribution in [-0.4, -0.2) is 33.9 Å². The van der Waals surface area contributed by atoms with Gasteiger partial charge in [-0.25, -0.2) is 8.42 Å². The molecule has 1 saturated heterocycles. The van der Waals surface area contributed by atoms with Gasteiger partial charge in [-0.1, -0.05) is 74.8 Å². The minimum Gasteiger partial charge on any atom is -0.207 e. The van der Waals surface area contributed by atoms with E-state index in [1.165, 1.54) is 23.7 Å². The Kier molecular flexibility index (Phi) is 6.10. The van der Waals surface area contributed by atoms with Crippen molar-refractivity contribution in [3.8, 4) is 0 Å². The summed E-state index contributed by atoms with van der Waals surface area (Å²) in [5.41, 5.74) is 4.93. The van der Waals surface area contributed by atoms with Gasteiger partial charge in [0, 0.05) is 13.1 Å². The van der Waals surface area contributed by atoms with Crippen LogP contribution in [0.15, 0.2) is 40.4 Å². The van der Waals surface area contributed by atoms with Crippen molar-refractivity contribution in [2.24, 2.45) is 5.92 Å². The average molecular weight is 366 g/mol. The van der Waals surface area contributed by atoms with Crippen molar-refractivity contribution in [2.45, 2.75) is 57.6 Å². The molecule has 0 spiro atoms. The molecule has 1 fully saturated rings. The zero-order chi connectivity index (χ0) is 18.0. The quantitative estimate of drug-likeness (QED) is 0.690. The molecule has 1 aliphatic heterocycles. The predicted octanol–water partition coefficient (Wildman–Crippen LogP) is 4.61. The fourth-order valence-electron chi connectivity index (χ4n) is 3.53.